The summed E-state index contributed by atoms with van der Waals surface area (Å²) in [4.78, 5) is 25.3. The maximum absolute atomic E-state index is 12.8. The molecule has 2 aromatic rings. The van der Waals surface area contributed by atoms with Gasteiger partial charge < -0.3 is 9.47 Å². The number of hydrogen-bond acceptors (Lipinski definition) is 6. The van der Waals surface area contributed by atoms with Crippen LogP contribution >= 0.6 is 0 Å². The lowest BCUT2D eigenvalue weighted by atomic mass is 9.84. The van der Waals surface area contributed by atoms with Crippen LogP contribution in [0.4, 0.5) is 0 Å². The molecule has 1 heterocycles. The Hall–Kier alpha value is -3.17. The molecule has 0 saturated carbocycles. The van der Waals surface area contributed by atoms with Crippen molar-refractivity contribution in [1.29, 1.82) is 5.26 Å². The quantitative estimate of drug-likeness (QED) is 0.839. The molecule has 0 radical (unpaired) electrons. The first-order valence-corrected chi connectivity index (χ1v) is 8.55. The number of rotatable bonds is 4. The number of carbonyl (C=O) groups is 2. The van der Waals surface area contributed by atoms with Gasteiger partial charge in [-0.2, -0.15) is 5.26 Å². The molecule has 0 aliphatic carbocycles. The SMILES string of the molecule is COC(=O)[C@@H]1C[C@@](C(=O)OC)(c2ccc(C#N)cc2)N[C@@H]1c1ccccc1. The minimum Gasteiger partial charge on any atom is -0.469 e. The standard InChI is InChI=1S/C21H20N2O4/c1-26-19(24)17-12-21(20(25)27-2,16-10-8-14(13-22)9-11-16)23-18(17)15-6-4-3-5-7-15/h3-11,17-18,23H,12H2,1-2H3/t17-,18-,21+/m1/s1. The van der Waals surface area contributed by atoms with Crippen LogP contribution in [0.3, 0.4) is 0 Å². The van der Waals surface area contributed by atoms with Crippen molar-refractivity contribution in [3.63, 3.8) is 0 Å². The van der Waals surface area contributed by atoms with Gasteiger partial charge in [0.1, 0.15) is 5.54 Å². The number of nitrogens with one attached hydrogen (secondary N) is 1. The second-order valence-corrected chi connectivity index (χ2v) is 6.45. The van der Waals surface area contributed by atoms with Gasteiger partial charge in [0.05, 0.1) is 31.8 Å². The molecule has 6 heteroatoms. The van der Waals surface area contributed by atoms with E-state index < -0.39 is 29.4 Å². The third kappa shape index (κ3) is 3.29. The molecule has 2 aromatic carbocycles. The molecule has 3 rings (SSSR count). The smallest absolute Gasteiger partial charge is 0.330 e. The molecule has 1 fully saturated rings. The summed E-state index contributed by atoms with van der Waals surface area (Å²) in [7, 11) is 2.66. The summed E-state index contributed by atoms with van der Waals surface area (Å²) < 4.78 is 10.1. The van der Waals surface area contributed by atoms with Gasteiger partial charge in [-0.25, -0.2) is 4.79 Å². The lowest BCUT2D eigenvalue weighted by Crippen LogP contribution is -2.46. The van der Waals surface area contributed by atoms with E-state index in [-0.39, 0.29) is 6.42 Å². The van der Waals surface area contributed by atoms with Crippen molar-refractivity contribution >= 4 is 11.9 Å². The first-order chi connectivity index (χ1) is 13.1. The predicted molar refractivity (Wildman–Crippen MR) is 97.3 cm³/mol. The molecular formula is C21H20N2O4. The fraction of sp³-hybridized carbons (Fsp3) is 0.286. The molecule has 1 saturated heterocycles. The summed E-state index contributed by atoms with van der Waals surface area (Å²) in [5.74, 6) is -1.44. The number of ether oxygens (including phenoxy) is 2. The second kappa shape index (κ2) is 7.60. The van der Waals surface area contributed by atoms with Gasteiger partial charge in [0.2, 0.25) is 0 Å². The van der Waals surface area contributed by atoms with E-state index in [1.54, 1.807) is 24.3 Å². The van der Waals surface area contributed by atoms with E-state index in [0.717, 1.165) is 5.56 Å². The fourth-order valence-corrected chi connectivity index (χ4v) is 3.68. The maximum Gasteiger partial charge on any atom is 0.330 e. The summed E-state index contributed by atoms with van der Waals surface area (Å²) in [6, 6.07) is 17.8. The molecule has 0 amide bonds. The number of nitriles is 1. The van der Waals surface area contributed by atoms with Gasteiger partial charge in [-0.3, -0.25) is 10.1 Å². The number of methoxy groups -OCH3 is 2. The summed E-state index contributed by atoms with van der Waals surface area (Å²) in [5, 5.41) is 12.4. The molecule has 1 aliphatic heterocycles. The minimum atomic E-state index is -1.21. The van der Waals surface area contributed by atoms with Crippen LogP contribution < -0.4 is 5.32 Å². The highest BCUT2D eigenvalue weighted by Crippen LogP contribution is 2.45. The Balaban J connectivity index is 2.10. The molecule has 27 heavy (non-hydrogen) atoms. The van der Waals surface area contributed by atoms with Crippen LogP contribution in [-0.2, 0) is 24.6 Å². The Bertz CT molecular complexity index is 873. The Labute approximate surface area is 157 Å². The zero-order chi connectivity index (χ0) is 19.4. The van der Waals surface area contributed by atoms with E-state index in [0.29, 0.717) is 11.1 Å². The highest BCUT2D eigenvalue weighted by Gasteiger charge is 2.54. The van der Waals surface area contributed by atoms with Gasteiger partial charge in [0.25, 0.3) is 0 Å². The van der Waals surface area contributed by atoms with Gasteiger partial charge in [-0.1, -0.05) is 42.5 Å². The van der Waals surface area contributed by atoms with Crippen molar-refractivity contribution in [2.24, 2.45) is 5.92 Å². The molecule has 6 nitrogen and oxygen atoms in total. The van der Waals surface area contributed by atoms with Gasteiger partial charge >= 0.3 is 11.9 Å². The molecule has 0 unspecified atom stereocenters. The third-order valence-corrected chi connectivity index (χ3v) is 5.03. The average Bonchev–Trinajstić information content (AvgIpc) is 3.15. The van der Waals surface area contributed by atoms with E-state index in [1.165, 1.54) is 14.2 Å². The van der Waals surface area contributed by atoms with E-state index in [1.807, 2.05) is 30.3 Å². The molecule has 138 valence electrons. The number of benzene rings is 2. The Morgan fingerprint density at radius 3 is 2.30 bits per heavy atom. The van der Waals surface area contributed by atoms with Gasteiger partial charge in [-0.15, -0.1) is 0 Å². The van der Waals surface area contributed by atoms with Crippen LogP contribution in [0.5, 0.6) is 0 Å². The van der Waals surface area contributed by atoms with Crippen LogP contribution in [0.25, 0.3) is 0 Å². The molecule has 1 N–H and O–H groups in total. The summed E-state index contributed by atoms with van der Waals surface area (Å²) in [6.45, 7) is 0. The van der Waals surface area contributed by atoms with E-state index in [4.69, 9.17) is 14.7 Å². The lowest BCUT2D eigenvalue weighted by Gasteiger charge is -2.28. The molecule has 0 aromatic heterocycles. The van der Waals surface area contributed by atoms with E-state index in [2.05, 4.69) is 11.4 Å². The first-order valence-electron chi connectivity index (χ1n) is 8.55. The van der Waals surface area contributed by atoms with Gasteiger partial charge in [-0.05, 0) is 29.7 Å². The third-order valence-electron chi connectivity index (χ3n) is 5.03. The maximum atomic E-state index is 12.8. The highest BCUT2D eigenvalue weighted by atomic mass is 16.5. The van der Waals surface area contributed by atoms with Crippen LogP contribution in [0.1, 0.15) is 29.2 Å². The number of hydrogen-bond donors (Lipinski definition) is 1. The normalized spacial score (nSPS) is 24.0. The van der Waals surface area contributed by atoms with Gasteiger partial charge in [0, 0.05) is 6.04 Å². The lowest BCUT2D eigenvalue weighted by molar-refractivity contribution is -0.149. The van der Waals surface area contributed by atoms with E-state index in [9.17, 15) is 9.59 Å². The Morgan fingerprint density at radius 2 is 1.74 bits per heavy atom. The van der Waals surface area contributed by atoms with Crippen LogP contribution in [0, 0.1) is 17.2 Å². The van der Waals surface area contributed by atoms with Gasteiger partial charge in [0.15, 0.2) is 0 Å². The number of carbonyl (C=O) groups excluding carboxylic acids is 2. The van der Waals surface area contributed by atoms with Crippen molar-refractivity contribution < 1.29 is 19.1 Å². The number of nitrogens with zero attached hydrogens (tertiary/aromatic N) is 1. The molecule has 0 bridgehead atoms. The zero-order valence-electron chi connectivity index (χ0n) is 15.1. The van der Waals surface area contributed by atoms with Crippen molar-refractivity contribution in [3.05, 3.63) is 71.3 Å². The summed E-state index contributed by atoms with van der Waals surface area (Å²) in [5.41, 5.74) is 0.802. The van der Waals surface area contributed by atoms with Crippen molar-refractivity contribution in [1.82, 2.24) is 5.32 Å². The molecule has 0 spiro atoms. The fourth-order valence-electron chi connectivity index (χ4n) is 3.68. The van der Waals surface area contributed by atoms with Crippen molar-refractivity contribution in [2.45, 2.75) is 18.0 Å². The van der Waals surface area contributed by atoms with Crippen molar-refractivity contribution in [2.75, 3.05) is 14.2 Å². The zero-order valence-corrected chi connectivity index (χ0v) is 15.1. The topological polar surface area (TPSA) is 88.4 Å². The minimum absolute atomic E-state index is 0.192. The van der Waals surface area contributed by atoms with Crippen LogP contribution in [0.2, 0.25) is 0 Å². The summed E-state index contributed by atoms with van der Waals surface area (Å²) >= 11 is 0. The monoisotopic (exact) mass is 364 g/mol. The van der Waals surface area contributed by atoms with E-state index >= 15 is 0 Å². The predicted octanol–water partition coefficient (Wildman–Crippen LogP) is 2.45. The van der Waals surface area contributed by atoms with Crippen LogP contribution in [0.15, 0.2) is 54.6 Å². The Morgan fingerprint density at radius 1 is 1.07 bits per heavy atom. The largest absolute Gasteiger partial charge is 0.469 e. The number of esters is 2. The molecule has 1 aliphatic rings. The second-order valence-electron chi connectivity index (χ2n) is 6.45. The molecule has 3 atom stereocenters. The summed E-state index contributed by atoms with van der Waals surface area (Å²) in [6.07, 6.45) is 0.192. The first kappa shape index (κ1) is 18.6. The molecular weight excluding hydrogens is 344 g/mol. The highest BCUT2D eigenvalue weighted by molar-refractivity contribution is 5.86. The van der Waals surface area contributed by atoms with Crippen LogP contribution in [-0.4, -0.2) is 26.2 Å². The van der Waals surface area contributed by atoms with Crippen molar-refractivity contribution in [3.8, 4) is 6.07 Å². The Kier molecular flexibility index (Phi) is 5.24. The average molecular weight is 364 g/mol.